The summed E-state index contributed by atoms with van der Waals surface area (Å²) in [6.07, 6.45) is 0. The summed E-state index contributed by atoms with van der Waals surface area (Å²) in [5.41, 5.74) is 15.7. The average molecular weight is 837 g/mol. The van der Waals surface area contributed by atoms with Crippen molar-refractivity contribution in [2.75, 3.05) is 0 Å². The Balaban J connectivity index is 0.979. The van der Waals surface area contributed by atoms with Crippen molar-refractivity contribution in [2.24, 2.45) is 0 Å². The second kappa shape index (κ2) is 15.5. The van der Waals surface area contributed by atoms with Crippen LogP contribution in [0.3, 0.4) is 0 Å². The van der Waals surface area contributed by atoms with Crippen molar-refractivity contribution >= 4 is 64.9 Å². The van der Waals surface area contributed by atoms with Crippen LogP contribution >= 0.6 is 0 Å². The van der Waals surface area contributed by atoms with Crippen molar-refractivity contribution in [1.82, 2.24) is 9.97 Å². The molecule has 0 aliphatic heterocycles. The minimum Gasteiger partial charge on any atom is -0.245 e. The van der Waals surface area contributed by atoms with Crippen LogP contribution in [0.25, 0.3) is 132 Å². The molecule has 2 aromatic heterocycles. The molecule has 0 aliphatic carbocycles. The number of rotatable bonds is 6. The first-order valence-electron chi connectivity index (χ1n) is 22.6. The molecule has 306 valence electrons. The third kappa shape index (κ3) is 6.18. The van der Waals surface area contributed by atoms with Crippen LogP contribution in [-0.2, 0) is 0 Å². The molecule has 0 bridgehead atoms. The zero-order chi connectivity index (χ0) is 43.6. The zero-order valence-electron chi connectivity index (χ0n) is 36.0. The largest absolute Gasteiger partial charge is 0.245 e. The number of hydrogen-bond donors (Lipinski definition) is 0. The minimum absolute atomic E-state index is 0.911. The van der Waals surface area contributed by atoms with Gasteiger partial charge in [0, 0.05) is 21.9 Å². The summed E-state index contributed by atoms with van der Waals surface area (Å²) >= 11 is 0. The molecule has 0 saturated carbocycles. The van der Waals surface area contributed by atoms with Crippen LogP contribution < -0.4 is 0 Å². The highest BCUT2D eigenvalue weighted by molar-refractivity contribution is 6.25. The number of hydrogen-bond acceptors (Lipinski definition) is 2. The third-order valence-corrected chi connectivity index (χ3v) is 13.4. The standard InChI is InChI=1S/C64H40N2/c1-4-16-41(17-5-1)57-38-35-46-32-33-47-36-39-58(66-64(47)63(46)65-57)42-28-30-45(31-29-42)60-50-23-11-14-26-53(50)62(54-27-15-12-24-51(54)60)48-34-37-55-56(40-48)61(44-20-8-3-9-21-44)52-25-13-10-22-49(52)59(55)43-18-6-2-7-19-43/h1-40H. The van der Waals surface area contributed by atoms with Gasteiger partial charge < -0.3 is 0 Å². The monoisotopic (exact) mass is 836 g/mol. The molecule has 11 aromatic carbocycles. The Hall–Kier alpha value is -8.72. The van der Waals surface area contributed by atoms with Gasteiger partial charge in [-0.05, 0) is 106 Å². The summed E-state index contributed by atoms with van der Waals surface area (Å²) in [5, 5.41) is 12.1. The molecule has 0 N–H and O–H groups in total. The lowest BCUT2D eigenvalue weighted by atomic mass is 9.82. The first-order chi connectivity index (χ1) is 32.7. The normalized spacial score (nSPS) is 11.6. The van der Waals surface area contributed by atoms with Crippen molar-refractivity contribution in [1.29, 1.82) is 0 Å². The van der Waals surface area contributed by atoms with E-state index in [1.54, 1.807) is 0 Å². The fourth-order valence-corrected chi connectivity index (χ4v) is 10.4. The molecule has 0 unspecified atom stereocenters. The molecule has 0 fully saturated rings. The van der Waals surface area contributed by atoms with E-state index >= 15 is 0 Å². The van der Waals surface area contributed by atoms with E-state index in [0.29, 0.717) is 0 Å². The number of aromatic nitrogens is 2. The van der Waals surface area contributed by atoms with Gasteiger partial charge in [0.05, 0.1) is 22.4 Å². The lowest BCUT2D eigenvalue weighted by molar-refractivity contribution is 1.36. The Morgan fingerprint density at radius 2 is 0.485 bits per heavy atom. The van der Waals surface area contributed by atoms with Crippen molar-refractivity contribution in [3.63, 3.8) is 0 Å². The van der Waals surface area contributed by atoms with Gasteiger partial charge in [-0.1, -0.05) is 224 Å². The molecule has 0 saturated heterocycles. The fraction of sp³-hybridized carbons (Fsp3) is 0. The summed E-state index contributed by atoms with van der Waals surface area (Å²) in [6.45, 7) is 0. The van der Waals surface area contributed by atoms with Gasteiger partial charge in [0.2, 0.25) is 0 Å². The molecule has 0 aliphatic rings. The van der Waals surface area contributed by atoms with Crippen molar-refractivity contribution in [3.8, 4) is 67.0 Å². The predicted molar refractivity (Wildman–Crippen MR) is 280 cm³/mol. The highest BCUT2D eigenvalue weighted by Crippen LogP contribution is 2.48. The first kappa shape index (κ1) is 37.8. The number of fused-ring (bicyclic) bond motifs is 7. The van der Waals surface area contributed by atoms with E-state index < -0.39 is 0 Å². The Kier molecular flexibility index (Phi) is 8.89. The summed E-state index contributed by atoms with van der Waals surface area (Å²) in [6, 6.07) is 87.9. The van der Waals surface area contributed by atoms with Crippen molar-refractivity contribution in [2.45, 2.75) is 0 Å². The number of pyridine rings is 2. The van der Waals surface area contributed by atoms with E-state index in [9.17, 15) is 0 Å². The van der Waals surface area contributed by atoms with Crippen LogP contribution in [0.1, 0.15) is 0 Å². The van der Waals surface area contributed by atoms with Gasteiger partial charge >= 0.3 is 0 Å². The van der Waals surface area contributed by atoms with E-state index in [1.165, 1.54) is 87.6 Å². The minimum atomic E-state index is 0.911. The first-order valence-corrected chi connectivity index (χ1v) is 22.6. The van der Waals surface area contributed by atoms with Gasteiger partial charge in [0.1, 0.15) is 0 Å². The summed E-state index contributed by atoms with van der Waals surface area (Å²) in [5.74, 6) is 0. The van der Waals surface area contributed by atoms with Crippen LogP contribution in [0, 0.1) is 0 Å². The maximum atomic E-state index is 5.28. The molecular formula is C64H40N2. The summed E-state index contributed by atoms with van der Waals surface area (Å²) < 4.78 is 0. The van der Waals surface area contributed by atoms with E-state index in [4.69, 9.17) is 9.97 Å². The molecule has 0 atom stereocenters. The van der Waals surface area contributed by atoms with Crippen LogP contribution in [0.2, 0.25) is 0 Å². The lowest BCUT2D eigenvalue weighted by Gasteiger charge is -2.21. The van der Waals surface area contributed by atoms with E-state index in [2.05, 4.69) is 237 Å². The van der Waals surface area contributed by atoms with Crippen LogP contribution in [-0.4, -0.2) is 9.97 Å². The van der Waals surface area contributed by atoms with Crippen LogP contribution in [0.5, 0.6) is 0 Å². The smallest absolute Gasteiger partial charge is 0.0972 e. The quantitative estimate of drug-likeness (QED) is 0.123. The molecule has 66 heavy (non-hydrogen) atoms. The Bertz CT molecular complexity index is 3950. The molecule has 0 amide bonds. The molecule has 2 nitrogen and oxygen atoms in total. The SMILES string of the molecule is c1ccc(-c2ccc3ccc4ccc(-c5ccc(-c6c7ccccc7c(-c7ccc8c(-c9ccccc9)c9ccccc9c(-c9ccccc9)c8c7)c7ccccc67)cc5)nc4c3n2)cc1. The van der Waals surface area contributed by atoms with Crippen molar-refractivity contribution in [3.05, 3.63) is 243 Å². The molecule has 13 aromatic rings. The molecule has 0 spiro atoms. The van der Waals surface area contributed by atoms with Crippen LogP contribution in [0.15, 0.2) is 243 Å². The van der Waals surface area contributed by atoms with Gasteiger partial charge in [-0.3, -0.25) is 0 Å². The third-order valence-electron chi connectivity index (χ3n) is 13.4. The molecule has 13 rings (SSSR count). The van der Waals surface area contributed by atoms with Gasteiger partial charge in [-0.15, -0.1) is 0 Å². The fourth-order valence-electron chi connectivity index (χ4n) is 10.4. The van der Waals surface area contributed by atoms with E-state index in [1.807, 2.05) is 6.07 Å². The molecule has 2 heteroatoms. The molecular weight excluding hydrogens is 797 g/mol. The maximum absolute atomic E-state index is 5.28. The Labute approximate surface area is 382 Å². The highest BCUT2D eigenvalue weighted by atomic mass is 14.8. The predicted octanol–water partition coefficient (Wildman–Crippen LogP) is 17.4. The van der Waals surface area contributed by atoms with Crippen molar-refractivity contribution < 1.29 is 0 Å². The van der Waals surface area contributed by atoms with E-state index in [-0.39, 0.29) is 0 Å². The van der Waals surface area contributed by atoms with Gasteiger partial charge in [0.15, 0.2) is 0 Å². The van der Waals surface area contributed by atoms with Gasteiger partial charge in [0.25, 0.3) is 0 Å². The number of nitrogens with zero attached hydrogens (tertiary/aromatic N) is 2. The van der Waals surface area contributed by atoms with Gasteiger partial charge in [-0.2, -0.15) is 0 Å². The topological polar surface area (TPSA) is 25.8 Å². The summed E-state index contributed by atoms with van der Waals surface area (Å²) in [4.78, 5) is 10.4. The number of benzene rings is 11. The molecule has 0 radical (unpaired) electrons. The lowest BCUT2D eigenvalue weighted by Crippen LogP contribution is -1.93. The molecule has 2 heterocycles. The second-order valence-corrected chi connectivity index (χ2v) is 17.2. The Morgan fingerprint density at radius 1 is 0.197 bits per heavy atom. The highest BCUT2D eigenvalue weighted by Gasteiger charge is 2.21. The Morgan fingerprint density at radius 3 is 0.924 bits per heavy atom. The van der Waals surface area contributed by atoms with Crippen LogP contribution in [0.4, 0.5) is 0 Å². The van der Waals surface area contributed by atoms with Gasteiger partial charge in [-0.25, -0.2) is 9.97 Å². The second-order valence-electron chi connectivity index (χ2n) is 17.2. The zero-order valence-corrected chi connectivity index (χ0v) is 36.0. The average Bonchev–Trinajstić information content (AvgIpc) is 3.39. The van der Waals surface area contributed by atoms with E-state index in [0.717, 1.165) is 44.3 Å². The summed E-state index contributed by atoms with van der Waals surface area (Å²) in [7, 11) is 0. The maximum Gasteiger partial charge on any atom is 0.0972 e.